The standard InChI is InChI=1S/C21H15N3O/c1-3-12-18-16(8-1)9-7-13-19(18)21-23-20(25-24-21)14-4-2-10-17-11-5-6-15-22-17/h1,3,5-9,11-13,15H,4,14H2. The van der Waals surface area contributed by atoms with E-state index < -0.39 is 0 Å². The third kappa shape index (κ3) is 3.41. The summed E-state index contributed by atoms with van der Waals surface area (Å²) in [7, 11) is 0. The molecule has 4 heteroatoms. The van der Waals surface area contributed by atoms with E-state index >= 15 is 0 Å². The third-order valence-corrected chi connectivity index (χ3v) is 3.84. The van der Waals surface area contributed by atoms with Gasteiger partial charge in [0.25, 0.3) is 0 Å². The monoisotopic (exact) mass is 325 g/mol. The van der Waals surface area contributed by atoms with Crippen LogP contribution in [0.2, 0.25) is 0 Å². The summed E-state index contributed by atoms with van der Waals surface area (Å²) < 4.78 is 5.38. The molecule has 2 aromatic carbocycles. The van der Waals surface area contributed by atoms with E-state index in [-0.39, 0.29) is 0 Å². The highest BCUT2D eigenvalue weighted by Gasteiger charge is 2.10. The molecule has 2 aromatic heterocycles. The Balaban J connectivity index is 1.50. The van der Waals surface area contributed by atoms with Gasteiger partial charge in [-0.2, -0.15) is 4.98 Å². The summed E-state index contributed by atoms with van der Waals surface area (Å²) in [5.74, 6) is 7.33. The molecule has 4 rings (SSSR count). The number of aryl methyl sites for hydroxylation is 1. The highest BCUT2D eigenvalue weighted by atomic mass is 16.5. The van der Waals surface area contributed by atoms with Crippen LogP contribution in [0.3, 0.4) is 0 Å². The molecule has 120 valence electrons. The van der Waals surface area contributed by atoms with Gasteiger partial charge in [-0.05, 0) is 28.8 Å². The van der Waals surface area contributed by atoms with Crippen molar-refractivity contribution in [3.05, 3.63) is 78.4 Å². The molecule has 0 fully saturated rings. The molecule has 0 saturated heterocycles. The summed E-state index contributed by atoms with van der Waals surface area (Å²) in [6.45, 7) is 0. The fraction of sp³-hybridized carbons (Fsp3) is 0.0952. The fourth-order valence-electron chi connectivity index (χ4n) is 2.65. The van der Waals surface area contributed by atoms with Crippen molar-refractivity contribution < 1.29 is 4.52 Å². The molecule has 4 nitrogen and oxygen atoms in total. The van der Waals surface area contributed by atoms with Crippen LogP contribution in [0.5, 0.6) is 0 Å². The van der Waals surface area contributed by atoms with Crippen molar-refractivity contribution in [3.63, 3.8) is 0 Å². The SMILES string of the molecule is C(#Cc1ccccn1)CCc1nc(-c2cccc3ccccc23)no1. The zero-order chi connectivity index (χ0) is 16.9. The number of hydrogen-bond acceptors (Lipinski definition) is 4. The van der Waals surface area contributed by atoms with Crippen LogP contribution in [-0.4, -0.2) is 15.1 Å². The minimum Gasteiger partial charge on any atom is -0.339 e. The van der Waals surface area contributed by atoms with Crippen LogP contribution in [0.1, 0.15) is 18.0 Å². The van der Waals surface area contributed by atoms with Gasteiger partial charge in [0.1, 0.15) is 5.69 Å². The van der Waals surface area contributed by atoms with Gasteiger partial charge < -0.3 is 4.52 Å². The topological polar surface area (TPSA) is 51.8 Å². The van der Waals surface area contributed by atoms with Crippen LogP contribution in [0, 0.1) is 11.8 Å². The first-order valence-corrected chi connectivity index (χ1v) is 8.11. The summed E-state index contributed by atoms with van der Waals surface area (Å²) in [6, 6.07) is 20.0. The van der Waals surface area contributed by atoms with E-state index in [1.807, 2.05) is 42.5 Å². The lowest BCUT2D eigenvalue weighted by molar-refractivity contribution is 0.380. The lowest BCUT2D eigenvalue weighted by atomic mass is 10.0. The summed E-state index contributed by atoms with van der Waals surface area (Å²) in [6.07, 6.45) is 3.00. The molecule has 4 aromatic rings. The smallest absolute Gasteiger partial charge is 0.227 e. The molecule has 0 radical (unpaired) electrons. The van der Waals surface area contributed by atoms with Gasteiger partial charge in [0, 0.05) is 24.6 Å². The van der Waals surface area contributed by atoms with E-state index in [1.54, 1.807) is 6.20 Å². The average molecular weight is 325 g/mol. The molecule has 0 amide bonds. The van der Waals surface area contributed by atoms with Crippen molar-refractivity contribution >= 4 is 10.8 Å². The van der Waals surface area contributed by atoms with Crippen LogP contribution >= 0.6 is 0 Å². The maximum absolute atomic E-state index is 5.38. The minimum atomic E-state index is 0.596. The largest absolute Gasteiger partial charge is 0.339 e. The second-order valence-electron chi connectivity index (χ2n) is 5.56. The van der Waals surface area contributed by atoms with Crippen LogP contribution in [0.4, 0.5) is 0 Å². The Kier molecular flexibility index (Phi) is 4.21. The summed E-state index contributed by atoms with van der Waals surface area (Å²) in [4.78, 5) is 8.69. The Bertz CT molecular complexity index is 1050. The number of fused-ring (bicyclic) bond motifs is 1. The van der Waals surface area contributed by atoms with Gasteiger partial charge in [0.05, 0.1) is 0 Å². The van der Waals surface area contributed by atoms with E-state index in [2.05, 4.69) is 45.2 Å². The molecule has 0 saturated carbocycles. The van der Waals surface area contributed by atoms with Gasteiger partial charge in [-0.1, -0.05) is 59.6 Å². The molecule has 0 bridgehead atoms. The van der Waals surface area contributed by atoms with E-state index in [1.165, 1.54) is 0 Å². The van der Waals surface area contributed by atoms with Crippen LogP contribution in [-0.2, 0) is 6.42 Å². The van der Waals surface area contributed by atoms with Crippen molar-refractivity contribution in [3.8, 4) is 23.2 Å². The van der Waals surface area contributed by atoms with Crippen molar-refractivity contribution in [2.75, 3.05) is 0 Å². The molecule has 0 aliphatic heterocycles. The average Bonchev–Trinajstić information content (AvgIpc) is 3.14. The predicted octanol–water partition coefficient (Wildman–Crippen LogP) is 4.27. The zero-order valence-electron chi connectivity index (χ0n) is 13.5. The summed E-state index contributed by atoms with van der Waals surface area (Å²) in [5, 5.41) is 6.40. The Morgan fingerprint density at radius 3 is 2.72 bits per heavy atom. The van der Waals surface area contributed by atoms with Crippen molar-refractivity contribution in [1.29, 1.82) is 0 Å². The number of rotatable bonds is 3. The van der Waals surface area contributed by atoms with E-state index in [0.717, 1.165) is 22.0 Å². The Morgan fingerprint density at radius 2 is 1.80 bits per heavy atom. The molecule has 2 heterocycles. The van der Waals surface area contributed by atoms with E-state index in [0.29, 0.717) is 24.6 Å². The molecule has 25 heavy (non-hydrogen) atoms. The molecule has 0 N–H and O–H groups in total. The number of hydrogen-bond donors (Lipinski definition) is 0. The molecular formula is C21H15N3O. The number of benzene rings is 2. The van der Waals surface area contributed by atoms with Crippen LogP contribution in [0.25, 0.3) is 22.2 Å². The van der Waals surface area contributed by atoms with Gasteiger partial charge in [-0.15, -0.1) is 0 Å². The first kappa shape index (κ1) is 15.1. The van der Waals surface area contributed by atoms with Crippen LogP contribution in [0.15, 0.2) is 71.4 Å². The van der Waals surface area contributed by atoms with Crippen molar-refractivity contribution in [2.24, 2.45) is 0 Å². The fourth-order valence-corrected chi connectivity index (χ4v) is 2.65. The highest BCUT2D eigenvalue weighted by Crippen LogP contribution is 2.26. The first-order chi connectivity index (χ1) is 12.4. The summed E-state index contributed by atoms with van der Waals surface area (Å²) in [5.41, 5.74) is 1.75. The number of pyridine rings is 1. The van der Waals surface area contributed by atoms with Crippen molar-refractivity contribution in [2.45, 2.75) is 12.8 Å². The highest BCUT2D eigenvalue weighted by molar-refractivity contribution is 5.94. The summed E-state index contributed by atoms with van der Waals surface area (Å²) >= 11 is 0. The molecule has 0 aliphatic rings. The molecule has 0 atom stereocenters. The zero-order valence-corrected chi connectivity index (χ0v) is 13.5. The van der Waals surface area contributed by atoms with Crippen LogP contribution < -0.4 is 0 Å². The van der Waals surface area contributed by atoms with Gasteiger partial charge in [-0.3, -0.25) is 0 Å². The number of aromatic nitrogens is 3. The normalized spacial score (nSPS) is 10.4. The second-order valence-corrected chi connectivity index (χ2v) is 5.56. The Labute approximate surface area is 145 Å². The second kappa shape index (κ2) is 6.98. The minimum absolute atomic E-state index is 0.596. The Morgan fingerprint density at radius 1 is 0.920 bits per heavy atom. The molecule has 0 unspecified atom stereocenters. The van der Waals surface area contributed by atoms with E-state index in [9.17, 15) is 0 Å². The molecule has 0 spiro atoms. The van der Waals surface area contributed by atoms with Gasteiger partial charge in [0.15, 0.2) is 0 Å². The van der Waals surface area contributed by atoms with Crippen molar-refractivity contribution in [1.82, 2.24) is 15.1 Å². The maximum Gasteiger partial charge on any atom is 0.227 e. The van der Waals surface area contributed by atoms with Gasteiger partial charge in [-0.25, -0.2) is 4.98 Å². The molecular weight excluding hydrogens is 310 g/mol. The van der Waals surface area contributed by atoms with Gasteiger partial charge in [0.2, 0.25) is 11.7 Å². The number of nitrogens with zero attached hydrogens (tertiary/aromatic N) is 3. The Hall–Kier alpha value is -3.45. The lowest BCUT2D eigenvalue weighted by Crippen LogP contribution is -1.86. The molecule has 0 aliphatic carbocycles. The quantitative estimate of drug-likeness (QED) is 0.528. The van der Waals surface area contributed by atoms with Gasteiger partial charge >= 0.3 is 0 Å². The predicted molar refractivity (Wildman–Crippen MR) is 96.7 cm³/mol. The maximum atomic E-state index is 5.38. The lowest BCUT2D eigenvalue weighted by Gasteiger charge is -2.01. The first-order valence-electron chi connectivity index (χ1n) is 8.11. The third-order valence-electron chi connectivity index (χ3n) is 3.84. The van der Waals surface area contributed by atoms with E-state index in [4.69, 9.17) is 4.52 Å².